The maximum atomic E-state index is 10.6. The van der Waals surface area contributed by atoms with Crippen LogP contribution in [0.2, 0.25) is 0 Å². The second-order valence-electron chi connectivity index (χ2n) is 5.56. The summed E-state index contributed by atoms with van der Waals surface area (Å²) in [5, 5.41) is 10.6. The molecule has 1 heteroatoms. The van der Waals surface area contributed by atoms with E-state index in [2.05, 4.69) is 38.7 Å². The van der Waals surface area contributed by atoms with E-state index in [1.54, 1.807) is 0 Å². The Balaban J connectivity index is 2.76. The van der Waals surface area contributed by atoms with Crippen molar-refractivity contribution in [3.8, 4) is 11.8 Å². The van der Waals surface area contributed by atoms with Crippen LogP contribution in [0.15, 0.2) is 42.0 Å². The van der Waals surface area contributed by atoms with Gasteiger partial charge in [0.15, 0.2) is 0 Å². The van der Waals surface area contributed by atoms with Crippen LogP contribution in [0.3, 0.4) is 0 Å². The molecule has 0 heterocycles. The summed E-state index contributed by atoms with van der Waals surface area (Å²) in [5.41, 5.74) is 2.32. The van der Waals surface area contributed by atoms with Crippen LogP contribution in [0.1, 0.15) is 64.5 Å². The van der Waals surface area contributed by atoms with E-state index in [0.29, 0.717) is 0 Å². The van der Waals surface area contributed by atoms with Crippen LogP contribution >= 0.6 is 0 Å². The number of hydrogen-bond acceptors (Lipinski definition) is 1. The molecule has 1 nitrogen and oxygen atoms in total. The number of unbranched alkanes of at least 4 members (excludes halogenated alkanes) is 2. The Hall–Kier alpha value is -1.52. The Morgan fingerprint density at radius 2 is 2.00 bits per heavy atom. The van der Waals surface area contributed by atoms with Crippen molar-refractivity contribution < 1.29 is 5.11 Å². The number of aliphatic hydroxyl groups excluding tert-OH is 1. The molecule has 0 saturated heterocycles. The third-order valence-corrected chi connectivity index (χ3v) is 3.81. The molecule has 21 heavy (non-hydrogen) atoms. The van der Waals surface area contributed by atoms with Crippen LogP contribution in [-0.2, 0) is 0 Å². The molecule has 1 N–H and O–H groups in total. The standard InChI is InChI=1S/C20H28O/c1-4-6-7-9-14-19(16-15-17(3)5-2)20(21)18-12-10-8-11-13-18/h5,8,10-13,19-21H,4,6-7,15-16H2,1-3H3/b17-5+. The van der Waals surface area contributed by atoms with E-state index in [9.17, 15) is 5.11 Å². The molecular formula is C20H28O. The quantitative estimate of drug-likeness (QED) is 0.410. The van der Waals surface area contributed by atoms with Crippen LogP contribution in [0, 0.1) is 17.8 Å². The van der Waals surface area contributed by atoms with Crippen LogP contribution in [-0.4, -0.2) is 5.11 Å². The lowest BCUT2D eigenvalue weighted by molar-refractivity contribution is 0.131. The Labute approximate surface area is 130 Å². The van der Waals surface area contributed by atoms with E-state index in [1.165, 1.54) is 5.57 Å². The molecule has 0 bridgehead atoms. The molecule has 0 aromatic heterocycles. The zero-order valence-electron chi connectivity index (χ0n) is 13.6. The number of hydrogen-bond donors (Lipinski definition) is 1. The van der Waals surface area contributed by atoms with Crippen LogP contribution in [0.4, 0.5) is 0 Å². The predicted molar refractivity (Wildman–Crippen MR) is 90.9 cm³/mol. The van der Waals surface area contributed by atoms with Gasteiger partial charge in [-0.1, -0.05) is 61.2 Å². The Kier molecular flexibility index (Phi) is 8.55. The molecule has 2 atom stereocenters. The highest BCUT2D eigenvalue weighted by atomic mass is 16.3. The fourth-order valence-electron chi connectivity index (χ4n) is 2.19. The van der Waals surface area contributed by atoms with Gasteiger partial charge >= 0.3 is 0 Å². The molecule has 114 valence electrons. The number of rotatable bonds is 7. The smallest absolute Gasteiger partial charge is 0.0927 e. The summed E-state index contributed by atoms with van der Waals surface area (Å²) in [6.45, 7) is 6.37. The first-order valence-corrected chi connectivity index (χ1v) is 8.02. The van der Waals surface area contributed by atoms with Crippen LogP contribution in [0.5, 0.6) is 0 Å². The maximum absolute atomic E-state index is 10.6. The van der Waals surface area contributed by atoms with E-state index in [1.807, 2.05) is 30.3 Å². The minimum atomic E-state index is -0.495. The third kappa shape index (κ3) is 6.65. The third-order valence-electron chi connectivity index (χ3n) is 3.81. The molecule has 0 aliphatic carbocycles. The van der Waals surface area contributed by atoms with Crippen molar-refractivity contribution in [2.75, 3.05) is 0 Å². The van der Waals surface area contributed by atoms with Crippen molar-refractivity contribution in [1.82, 2.24) is 0 Å². The van der Waals surface area contributed by atoms with Crippen molar-refractivity contribution >= 4 is 0 Å². The zero-order valence-corrected chi connectivity index (χ0v) is 13.6. The van der Waals surface area contributed by atoms with Crippen molar-refractivity contribution in [2.24, 2.45) is 5.92 Å². The maximum Gasteiger partial charge on any atom is 0.0927 e. The van der Waals surface area contributed by atoms with Crippen LogP contribution in [0.25, 0.3) is 0 Å². The van der Waals surface area contributed by atoms with Crippen molar-refractivity contribution in [3.05, 3.63) is 47.5 Å². The zero-order chi connectivity index (χ0) is 15.5. The van der Waals surface area contributed by atoms with Gasteiger partial charge in [0.1, 0.15) is 0 Å². The second kappa shape index (κ2) is 10.2. The molecule has 2 unspecified atom stereocenters. The minimum absolute atomic E-state index is 0.0131. The molecule has 0 aliphatic heterocycles. The van der Waals surface area contributed by atoms with E-state index < -0.39 is 6.10 Å². The number of aliphatic hydroxyl groups is 1. The fourth-order valence-corrected chi connectivity index (χ4v) is 2.19. The molecule has 0 saturated carbocycles. The van der Waals surface area contributed by atoms with Gasteiger partial charge in [0.05, 0.1) is 12.0 Å². The molecule has 0 aliphatic rings. The van der Waals surface area contributed by atoms with Crippen molar-refractivity contribution in [2.45, 2.75) is 59.0 Å². The van der Waals surface area contributed by atoms with Crippen molar-refractivity contribution in [3.63, 3.8) is 0 Å². The van der Waals surface area contributed by atoms with Gasteiger partial charge in [0.25, 0.3) is 0 Å². The average Bonchev–Trinajstić information content (AvgIpc) is 2.54. The highest BCUT2D eigenvalue weighted by molar-refractivity contribution is 5.21. The SMILES string of the molecule is C/C=C(\C)CCC(C#CCCCC)C(O)c1ccccc1. The van der Waals surface area contributed by atoms with Crippen LogP contribution < -0.4 is 0 Å². The highest BCUT2D eigenvalue weighted by Crippen LogP contribution is 2.26. The normalized spacial score (nSPS) is 14.2. The van der Waals surface area contributed by atoms with Gasteiger partial charge in [-0.25, -0.2) is 0 Å². The summed E-state index contributed by atoms with van der Waals surface area (Å²) in [6.07, 6.45) is 6.77. The van der Waals surface area contributed by atoms with Gasteiger partial charge in [-0.3, -0.25) is 0 Å². The molecular weight excluding hydrogens is 256 g/mol. The Morgan fingerprint density at radius 3 is 2.62 bits per heavy atom. The highest BCUT2D eigenvalue weighted by Gasteiger charge is 2.18. The summed E-state index contributed by atoms with van der Waals surface area (Å²) in [5.74, 6) is 6.57. The Morgan fingerprint density at radius 1 is 1.29 bits per heavy atom. The molecule has 0 radical (unpaired) electrons. The van der Waals surface area contributed by atoms with Gasteiger partial charge in [-0.2, -0.15) is 0 Å². The van der Waals surface area contributed by atoms with Gasteiger partial charge in [0, 0.05) is 6.42 Å². The van der Waals surface area contributed by atoms with E-state index >= 15 is 0 Å². The van der Waals surface area contributed by atoms with Crippen molar-refractivity contribution in [1.29, 1.82) is 0 Å². The summed E-state index contributed by atoms with van der Waals surface area (Å²) >= 11 is 0. The van der Waals surface area contributed by atoms with Gasteiger partial charge < -0.3 is 5.11 Å². The summed E-state index contributed by atoms with van der Waals surface area (Å²) in [7, 11) is 0. The Bertz CT molecular complexity index is 476. The molecule has 1 aromatic rings. The first-order valence-electron chi connectivity index (χ1n) is 8.02. The lowest BCUT2D eigenvalue weighted by atomic mass is 9.90. The van der Waals surface area contributed by atoms with E-state index in [4.69, 9.17) is 0 Å². The number of benzene rings is 1. The molecule has 1 rings (SSSR count). The summed E-state index contributed by atoms with van der Waals surface area (Å²) < 4.78 is 0. The number of allylic oxidation sites excluding steroid dienone is 2. The van der Waals surface area contributed by atoms with E-state index in [0.717, 1.165) is 37.7 Å². The topological polar surface area (TPSA) is 20.2 Å². The lowest BCUT2D eigenvalue weighted by Gasteiger charge is -2.18. The largest absolute Gasteiger partial charge is 0.387 e. The monoisotopic (exact) mass is 284 g/mol. The molecule has 1 aromatic carbocycles. The van der Waals surface area contributed by atoms with E-state index in [-0.39, 0.29) is 5.92 Å². The molecule has 0 spiro atoms. The van der Waals surface area contributed by atoms with Gasteiger partial charge in [-0.15, -0.1) is 5.92 Å². The summed E-state index contributed by atoms with van der Waals surface area (Å²) in [6, 6.07) is 9.87. The first-order chi connectivity index (χ1) is 10.2. The average molecular weight is 284 g/mol. The lowest BCUT2D eigenvalue weighted by Crippen LogP contribution is -2.11. The summed E-state index contributed by atoms with van der Waals surface area (Å²) in [4.78, 5) is 0. The molecule has 0 amide bonds. The molecule has 0 fully saturated rings. The van der Waals surface area contributed by atoms with Gasteiger partial charge in [-0.05, 0) is 38.7 Å². The predicted octanol–water partition coefficient (Wildman–Crippen LogP) is 5.28. The van der Waals surface area contributed by atoms with Gasteiger partial charge in [0.2, 0.25) is 0 Å². The fraction of sp³-hybridized carbons (Fsp3) is 0.500. The second-order valence-corrected chi connectivity index (χ2v) is 5.56. The minimum Gasteiger partial charge on any atom is -0.387 e. The first kappa shape index (κ1) is 17.5.